The number of nitrogens with zero attached hydrogens (tertiary/aromatic N) is 1. The van der Waals surface area contributed by atoms with E-state index in [9.17, 15) is 0 Å². The van der Waals surface area contributed by atoms with Crippen molar-refractivity contribution >= 4 is 39.8 Å². The van der Waals surface area contributed by atoms with Crippen molar-refractivity contribution in [3.8, 4) is 0 Å². The smallest absolute Gasteiger partial charge is 0.134 e. The molecule has 1 N–H and O–H groups in total. The highest BCUT2D eigenvalue weighted by Crippen LogP contribution is 2.23. The van der Waals surface area contributed by atoms with Gasteiger partial charge in [-0.15, -0.1) is 0 Å². The molecule has 0 atom stereocenters. The van der Waals surface area contributed by atoms with Gasteiger partial charge in [-0.1, -0.05) is 47.5 Å². The largest absolute Gasteiger partial charge is 0.381 e. The van der Waals surface area contributed by atoms with E-state index in [2.05, 4.69) is 16.4 Å². The minimum atomic E-state index is 0.527. The van der Waals surface area contributed by atoms with Gasteiger partial charge >= 0.3 is 0 Å². The summed E-state index contributed by atoms with van der Waals surface area (Å²) in [5.41, 5.74) is 3.90. The standard InChI is InChI=1S/C17H14Cl2N2/c1-11-6-7-14(9-15(11)18)20-10-13-8-12-4-2-3-5-16(12)21-17(13)19/h2-9,20H,10H2,1H3. The fourth-order valence-corrected chi connectivity index (χ4v) is 2.55. The Bertz CT molecular complexity index is 800. The topological polar surface area (TPSA) is 24.9 Å². The predicted octanol–water partition coefficient (Wildman–Crippen LogP) is 5.46. The van der Waals surface area contributed by atoms with E-state index in [0.29, 0.717) is 11.7 Å². The van der Waals surface area contributed by atoms with E-state index < -0.39 is 0 Å². The Labute approximate surface area is 133 Å². The average Bonchev–Trinajstić information content (AvgIpc) is 2.48. The Balaban J connectivity index is 1.84. The molecule has 106 valence electrons. The van der Waals surface area contributed by atoms with Gasteiger partial charge in [0.05, 0.1) is 5.52 Å². The van der Waals surface area contributed by atoms with Crippen molar-refractivity contribution in [3.63, 3.8) is 0 Å². The second kappa shape index (κ2) is 5.92. The van der Waals surface area contributed by atoms with Gasteiger partial charge in [-0.05, 0) is 36.8 Å². The molecule has 2 aromatic carbocycles. The molecule has 0 amide bonds. The minimum Gasteiger partial charge on any atom is -0.381 e. The first-order valence-corrected chi connectivity index (χ1v) is 7.43. The van der Waals surface area contributed by atoms with Crippen LogP contribution in [0.15, 0.2) is 48.5 Å². The fourth-order valence-electron chi connectivity index (χ4n) is 2.16. The van der Waals surface area contributed by atoms with Crippen LogP contribution in [0.2, 0.25) is 10.2 Å². The molecular weight excluding hydrogens is 303 g/mol. The van der Waals surface area contributed by atoms with Crippen LogP contribution in [0.3, 0.4) is 0 Å². The SMILES string of the molecule is Cc1ccc(NCc2cc3ccccc3nc2Cl)cc1Cl. The molecule has 4 heteroatoms. The van der Waals surface area contributed by atoms with E-state index in [4.69, 9.17) is 23.2 Å². The average molecular weight is 317 g/mol. The number of benzene rings is 2. The summed E-state index contributed by atoms with van der Waals surface area (Å²) in [5, 5.41) is 5.69. The fraction of sp³-hybridized carbons (Fsp3) is 0.118. The zero-order valence-electron chi connectivity index (χ0n) is 11.5. The van der Waals surface area contributed by atoms with Crippen LogP contribution in [0, 0.1) is 6.92 Å². The van der Waals surface area contributed by atoms with Crippen molar-refractivity contribution in [2.45, 2.75) is 13.5 Å². The highest BCUT2D eigenvalue weighted by Gasteiger charge is 2.05. The van der Waals surface area contributed by atoms with E-state index in [1.165, 1.54) is 0 Å². The van der Waals surface area contributed by atoms with Crippen LogP contribution in [0.1, 0.15) is 11.1 Å². The Morgan fingerprint density at radius 1 is 1.05 bits per heavy atom. The van der Waals surface area contributed by atoms with E-state index in [1.54, 1.807) is 0 Å². The molecule has 0 fully saturated rings. The number of pyridine rings is 1. The lowest BCUT2D eigenvalue weighted by molar-refractivity contribution is 1.13. The third-order valence-corrected chi connectivity index (χ3v) is 4.14. The molecule has 1 aromatic heterocycles. The number of anilines is 1. The summed E-state index contributed by atoms with van der Waals surface area (Å²) in [7, 11) is 0. The molecular formula is C17H14Cl2N2. The summed E-state index contributed by atoms with van der Waals surface area (Å²) in [5.74, 6) is 0. The third kappa shape index (κ3) is 3.12. The lowest BCUT2D eigenvalue weighted by Gasteiger charge is -2.10. The Morgan fingerprint density at radius 2 is 1.86 bits per heavy atom. The number of aromatic nitrogens is 1. The molecule has 0 unspecified atom stereocenters. The molecule has 2 nitrogen and oxygen atoms in total. The second-order valence-electron chi connectivity index (χ2n) is 4.95. The maximum atomic E-state index is 6.25. The molecule has 1 heterocycles. The number of hydrogen-bond donors (Lipinski definition) is 1. The molecule has 0 spiro atoms. The minimum absolute atomic E-state index is 0.527. The molecule has 0 aliphatic carbocycles. The third-order valence-electron chi connectivity index (χ3n) is 3.40. The Hall–Kier alpha value is -1.77. The highest BCUT2D eigenvalue weighted by molar-refractivity contribution is 6.31. The van der Waals surface area contributed by atoms with Crippen LogP contribution in [0.5, 0.6) is 0 Å². The first-order chi connectivity index (χ1) is 10.1. The van der Waals surface area contributed by atoms with E-state index in [-0.39, 0.29) is 0 Å². The Kier molecular flexibility index (Phi) is 4.00. The number of para-hydroxylation sites is 1. The van der Waals surface area contributed by atoms with Crippen molar-refractivity contribution in [2.24, 2.45) is 0 Å². The zero-order chi connectivity index (χ0) is 14.8. The van der Waals surface area contributed by atoms with Crippen LogP contribution < -0.4 is 5.32 Å². The molecule has 0 radical (unpaired) electrons. The van der Waals surface area contributed by atoms with Gasteiger partial charge in [0, 0.05) is 28.2 Å². The van der Waals surface area contributed by atoms with Crippen molar-refractivity contribution in [3.05, 3.63) is 69.8 Å². The normalized spacial score (nSPS) is 10.8. The Morgan fingerprint density at radius 3 is 2.67 bits per heavy atom. The summed E-state index contributed by atoms with van der Waals surface area (Å²) in [4.78, 5) is 4.42. The van der Waals surface area contributed by atoms with Gasteiger partial charge < -0.3 is 5.32 Å². The molecule has 0 saturated carbocycles. The zero-order valence-corrected chi connectivity index (χ0v) is 13.0. The van der Waals surface area contributed by atoms with E-state index in [0.717, 1.165) is 32.7 Å². The molecule has 0 bridgehead atoms. The van der Waals surface area contributed by atoms with Gasteiger partial charge in [-0.2, -0.15) is 0 Å². The lowest BCUT2D eigenvalue weighted by atomic mass is 10.1. The van der Waals surface area contributed by atoms with Gasteiger partial charge in [-0.25, -0.2) is 4.98 Å². The first-order valence-electron chi connectivity index (χ1n) is 6.68. The summed E-state index contributed by atoms with van der Waals surface area (Å²) < 4.78 is 0. The van der Waals surface area contributed by atoms with Crippen LogP contribution in [-0.4, -0.2) is 4.98 Å². The number of hydrogen-bond acceptors (Lipinski definition) is 2. The number of fused-ring (bicyclic) bond motifs is 1. The molecule has 3 rings (SSSR count). The molecule has 21 heavy (non-hydrogen) atoms. The predicted molar refractivity (Wildman–Crippen MR) is 90.3 cm³/mol. The maximum Gasteiger partial charge on any atom is 0.134 e. The highest BCUT2D eigenvalue weighted by atomic mass is 35.5. The van der Waals surface area contributed by atoms with Gasteiger partial charge in [0.1, 0.15) is 5.15 Å². The van der Waals surface area contributed by atoms with Gasteiger partial charge in [-0.3, -0.25) is 0 Å². The summed E-state index contributed by atoms with van der Waals surface area (Å²) in [6, 6.07) is 15.9. The number of aryl methyl sites for hydroxylation is 1. The van der Waals surface area contributed by atoms with Crippen LogP contribution in [0.25, 0.3) is 10.9 Å². The van der Waals surface area contributed by atoms with E-state index >= 15 is 0 Å². The first kappa shape index (κ1) is 14.2. The molecule has 3 aromatic rings. The van der Waals surface area contributed by atoms with Crippen LogP contribution in [-0.2, 0) is 6.54 Å². The van der Waals surface area contributed by atoms with E-state index in [1.807, 2.05) is 49.4 Å². The monoisotopic (exact) mass is 316 g/mol. The van der Waals surface area contributed by atoms with Crippen molar-refractivity contribution < 1.29 is 0 Å². The van der Waals surface area contributed by atoms with Crippen LogP contribution in [0.4, 0.5) is 5.69 Å². The van der Waals surface area contributed by atoms with Gasteiger partial charge in [0.2, 0.25) is 0 Å². The van der Waals surface area contributed by atoms with Crippen molar-refractivity contribution in [2.75, 3.05) is 5.32 Å². The van der Waals surface area contributed by atoms with Crippen molar-refractivity contribution in [1.82, 2.24) is 4.98 Å². The molecule has 0 aliphatic heterocycles. The summed E-state index contributed by atoms with van der Waals surface area (Å²) in [6.07, 6.45) is 0. The van der Waals surface area contributed by atoms with Crippen LogP contribution >= 0.6 is 23.2 Å². The second-order valence-corrected chi connectivity index (χ2v) is 5.71. The number of rotatable bonds is 3. The van der Waals surface area contributed by atoms with Crippen molar-refractivity contribution in [1.29, 1.82) is 0 Å². The summed E-state index contributed by atoms with van der Waals surface area (Å²) >= 11 is 12.4. The maximum absolute atomic E-state index is 6.25. The lowest BCUT2D eigenvalue weighted by Crippen LogP contribution is -2.01. The van der Waals surface area contributed by atoms with Gasteiger partial charge in [0.25, 0.3) is 0 Å². The quantitative estimate of drug-likeness (QED) is 0.649. The summed E-state index contributed by atoms with van der Waals surface area (Å²) in [6.45, 7) is 2.59. The van der Waals surface area contributed by atoms with Gasteiger partial charge in [0.15, 0.2) is 0 Å². The number of halogens is 2. The molecule has 0 aliphatic rings. The molecule has 0 saturated heterocycles. The number of nitrogens with one attached hydrogen (secondary N) is 1.